The largest absolute Gasteiger partial charge is 0.466 e. The summed E-state index contributed by atoms with van der Waals surface area (Å²) in [5, 5.41) is 3.36. The van der Waals surface area contributed by atoms with E-state index in [0.29, 0.717) is 12.6 Å². The number of rotatable bonds is 3. The van der Waals surface area contributed by atoms with Gasteiger partial charge in [-0.1, -0.05) is 13.3 Å². The lowest BCUT2D eigenvalue weighted by atomic mass is 9.94. The predicted molar refractivity (Wildman–Crippen MR) is 51.4 cm³/mol. The Bertz CT molecular complexity index is 164. The third kappa shape index (κ3) is 2.99. The summed E-state index contributed by atoms with van der Waals surface area (Å²) < 4.78 is 4.98. The van der Waals surface area contributed by atoms with Crippen molar-refractivity contribution in [2.75, 3.05) is 13.2 Å². The highest BCUT2D eigenvalue weighted by atomic mass is 16.5. The van der Waals surface area contributed by atoms with Crippen molar-refractivity contribution in [3.05, 3.63) is 0 Å². The zero-order valence-corrected chi connectivity index (χ0v) is 8.51. The molecule has 3 heteroatoms. The van der Waals surface area contributed by atoms with Gasteiger partial charge in [0.25, 0.3) is 0 Å². The first-order valence-corrected chi connectivity index (χ1v) is 5.15. The zero-order valence-electron chi connectivity index (χ0n) is 8.51. The van der Waals surface area contributed by atoms with Crippen molar-refractivity contribution in [1.29, 1.82) is 0 Å². The smallest absolute Gasteiger partial charge is 0.310 e. The van der Waals surface area contributed by atoms with E-state index in [2.05, 4.69) is 5.32 Å². The lowest BCUT2D eigenvalue weighted by Gasteiger charge is -2.27. The molecule has 2 unspecified atom stereocenters. The molecule has 3 nitrogen and oxygen atoms in total. The number of nitrogens with one attached hydrogen (secondary N) is 1. The number of ether oxygens (including phenoxy) is 1. The number of hydrogen-bond donors (Lipinski definition) is 1. The topological polar surface area (TPSA) is 38.3 Å². The van der Waals surface area contributed by atoms with Crippen LogP contribution in [0.3, 0.4) is 0 Å². The standard InChI is InChI=1S/C10H19NO2/c1-3-13-10(12)8(2)9-6-4-5-7-11-9/h8-9,11H,3-7H2,1-2H3. The highest BCUT2D eigenvalue weighted by Crippen LogP contribution is 2.16. The Kier molecular flexibility index (Phi) is 4.22. The third-order valence-corrected chi connectivity index (χ3v) is 2.61. The van der Waals surface area contributed by atoms with Gasteiger partial charge in [0.15, 0.2) is 0 Å². The van der Waals surface area contributed by atoms with E-state index < -0.39 is 0 Å². The van der Waals surface area contributed by atoms with Crippen molar-refractivity contribution in [2.45, 2.75) is 39.2 Å². The molecule has 13 heavy (non-hydrogen) atoms. The Hall–Kier alpha value is -0.570. The molecule has 0 aliphatic carbocycles. The number of carbonyl (C=O) groups is 1. The Balaban J connectivity index is 2.35. The SMILES string of the molecule is CCOC(=O)C(C)C1CCCCN1. The molecular formula is C10H19NO2. The van der Waals surface area contributed by atoms with Crippen molar-refractivity contribution in [3.63, 3.8) is 0 Å². The first-order valence-electron chi connectivity index (χ1n) is 5.15. The van der Waals surface area contributed by atoms with Crippen LogP contribution >= 0.6 is 0 Å². The summed E-state index contributed by atoms with van der Waals surface area (Å²) in [5.41, 5.74) is 0. The molecule has 1 aliphatic rings. The lowest BCUT2D eigenvalue weighted by molar-refractivity contribution is -0.148. The molecule has 1 saturated heterocycles. The first-order chi connectivity index (χ1) is 6.25. The average molecular weight is 185 g/mol. The molecule has 1 heterocycles. The van der Waals surface area contributed by atoms with E-state index in [0.717, 1.165) is 13.0 Å². The molecule has 0 bridgehead atoms. The van der Waals surface area contributed by atoms with Crippen molar-refractivity contribution >= 4 is 5.97 Å². The van der Waals surface area contributed by atoms with E-state index in [1.807, 2.05) is 13.8 Å². The van der Waals surface area contributed by atoms with Crippen molar-refractivity contribution in [3.8, 4) is 0 Å². The molecule has 0 aromatic rings. The fourth-order valence-corrected chi connectivity index (χ4v) is 1.74. The van der Waals surface area contributed by atoms with Gasteiger partial charge >= 0.3 is 5.97 Å². The van der Waals surface area contributed by atoms with Gasteiger partial charge in [-0.2, -0.15) is 0 Å². The van der Waals surface area contributed by atoms with Gasteiger partial charge in [0.2, 0.25) is 0 Å². The molecule has 0 aromatic carbocycles. The maximum Gasteiger partial charge on any atom is 0.310 e. The normalized spacial score (nSPS) is 25.2. The van der Waals surface area contributed by atoms with Crippen LogP contribution in [0.15, 0.2) is 0 Å². The predicted octanol–water partition coefficient (Wildman–Crippen LogP) is 1.33. The molecule has 1 rings (SSSR count). The fraction of sp³-hybridized carbons (Fsp3) is 0.900. The molecular weight excluding hydrogens is 166 g/mol. The van der Waals surface area contributed by atoms with Crippen LogP contribution in [0.2, 0.25) is 0 Å². The summed E-state index contributed by atoms with van der Waals surface area (Å²) >= 11 is 0. The van der Waals surface area contributed by atoms with E-state index in [-0.39, 0.29) is 11.9 Å². The van der Waals surface area contributed by atoms with E-state index in [1.165, 1.54) is 12.8 Å². The van der Waals surface area contributed by atoms with Gasteiger partial charge in [-0.3, -0.25) is 4.79 Å². The summed E-state index contributed by atoms with van der Waals surface area (Å²) in [6.07, 6.45) is 3.55. The average Bonchev–Trinajstić information content (AvgIpc) is 2.18. The van der Waals surface area contributed by atoms with Gasteiger partial charge in [0, 0.05) is 6.04 Å². The van der Waals surface area contributed by atoms with E-state index in [4.69, 9.17) is 4.74 Å². The van der Waals surface area contributed by atoms with E-state index in [9.17, 15) is 4.79 Å². The van der Waals surface area contributed by atoms with Gasteiger partial charge in [-0.25, -0.2) is 0 Å². The molecule has 0 saturated carbocycles. The molecule has 0 aromatic heterocycles. The van der Waals surface area contributed by atoms with Crippen LogP contribution in [0.4, 0.5) is 0 Å². The first kappa shape index (κ1) is 10.5. The summed E-state index contributed by atoms with van der Waals surface area (Å²) in [7, 11) is 0. The van der Waals surface area contributed by atoms with Gasteiger partial charge in [0.05, 0.1) is 12.5 Å². The van der Waals surface area contributed by atoms with Crippen LogP contribution in [0.1, 0.15) is 33.1 Å². The highest BCUT2D eigenvalue weighted by molar-refractivity contribution is 5.72. The van der Waals surface area contributed by atoms with Gasteiger partial charge in [-0.15, -0.1) is 0 Å². The summed E-state index contributed by atoms with van der Waals surface area (Å²) in [6, 6.07) is 0.327. The minimum Gasteiger partial charge on any atom is -0.466 e. The van der Waals surface area contributed by atoms with E-state index in [1.54, 1.807) is 0 Å². The van der Waals surface area contributed by atoms with Crippen molar-refractivity contribution < 1.29 is 9.53 Å². The van der Waals surface area contributed by atoms with Crippen molar-refractivity contribution in [1.82, 2.24) is 5.32 Å². The summed E-state index contributed by atoms with van der Waals surface area (Å²) in [4.78, 5) is 11.4. The minimum atomic E-state index is -0.0677. The molecule has 76 valence electrons. The van der Waals surface area contributed by atoms with Crippen LogP contribution in [0.5, 0.6) is 0 Å². The van der Waals surface area contributed by atoms with Crippen LogP contribution < -0.4 is 5.32 Å². The van der Waals surface area contributed by atoms with Gasteiger partial charge in [-0.05, 0) is 26.3 Å². The Morgan fingerprint density at radius 1 is 1.62 bits per heavy atom. The molecule has 0 amide bonds. The maximum absolute atomic E-state index is 11.4. The summed E-state index contributed by atoms with van der Waals surface area (Å²) in [6.45, 7) is 5.31. The van der Waals surface area contributed by atoms with Crippen LogP contribution in [-0.4, -0.2) is 25.2 Å². The quantitative estimate of drug-likeness (QED) is 0.674. The molecule has 1 aliphatic heterocycles. The number of hydrogen-bond acceptors (Lipinski definition) is 3. The summed E-state index contributed by atoms with van der Waals surface area (Å²) in [5.74, 6) is -0.0675. The number of carbonyl (C=O) groups excluding carboxylic acids is 1. The van der Waals surface area contributed by atoms with Crippen LogP contribution in [0, 0.1) is 5.92 Å². The second kappa shape index (κ2) is 5.22. The molecule has 0 radical (unpaired) electrons. The van der Waals surface area contributed by atoms with Gasteiger partial charge < -0.3 is 10.1 Å². The lowest BCUT2D eigenvalue weighted by Crippen LogP contribution is -2.42. The molecule has 1 fully saturated rings. The minimum absolute atomic E-state index is 0.000231. The monoisotopic (exact) mass is 185 g/mol. The third-order valence-electron chi connectivity index (χ3n) is 2.61. The fourth-order valence-electron chi connectivity index (χ4n) is 1.74. The second-order valence-electron chi connectivity index (χ2n) is 3.60. The Morgan fingerprint density at radius 2 is 2.38 bits per heavy atom. The van der Waals surface area contributed by atoms with Gasteiger partial charge in [0.1, 0.15) is 0 Å². The second-order valence-corrected chi connectivity index (χ2v) is 3.60. The molecule has 0 spiro atoms. The Morgan fingerprint density at radius 3 is 2.92 bits per heavy atom. The number of piperidine rings is 1. The molecule has 1 N–H and O–H groups in total. The van der Waals surface area contributed by atoms with Crippen LogP contribution in [0.25, 0.3) is 0 Å². The Labute approximate surface area is 79.8 Å². The van der Waals surface area contributed by atoms with Crippen LogP contribution in [-0.2, 0) is 9.53 Å². The van der Waals surface area contributed by atoms with E-state index >= 15 is 0 Å². The highest BCUT2D eigenvalue weighted by Gasteiger charge is 2.25. The maximum atomic E-state index is 11.4. The van der Waals surface area contributed by atoms with Crippen molar-refractivity contribution in [2.24, 2.45) is 5.92 Å². The number of esters is 1. The molecule has 2 atom stereocenters. The zero-order chi connectivity index (χ0) is 9.68.